The van der Waals surface area contributed by atoms with Gasteiger partial charge in [-0.2, -0.15) is 5.10 Å². The summed E-state index contributed by atoms with van der Waals surface area (Å²) in [4.78, 5) is 26.4. The van der Waals surface area contributed by atoms with Gasteiger partial charge in [-0.05, 0) is 55.7 Å². The van der Waals surface area contributed by atoms with Crippen LogP contribution in [0, 0.1) is 17.8 Å². The Kier molecular flexibility index (Phi) is 11.0. The number of carbonyl (C=O) groups excluding carboxylic acids is 2. The van der Waals surface area contributed by atoms with Crippen LogP contribution in [-0.4, -0.2) is 42.4 Å². The van der Waals surface area contributed by atoms with Gasteiger partial charge in [0.05, 0.1) is 31.9 Å². The third-order valence-corrected chi connectivity index (χ3v) is 7.49. The number of benzene rings is 1. The van der Waals surface area contributed by atoms with E-state index in [-0.39, 0.29) is 29.8 Å². The molecule has 0 atom stereocenters. The van der Waals surface area contributed by atoms with E-state index in [1.54, 1.807) is 20.3 Å². The number of rotatable bonds is 12. The second-order valence-electron chi connectivity index (χ2n) is 11.3. The van der Waals surface area contributed by atoms with E-state index >= 15 is 0 Å². The number of aromatic nitrogens is 2. The van der Waals surface area contributed by atoms with Crippen LogP contribution in [0.15, 0.2) is 35.5 Å². The fourth-order valence-electron chi connectivity index (χ4n) is 5.02. The Balaban J connectivity index is 1.86. The summed E-state index contributed by atoms with van der Waals surface area (Å²) < 4.78 is 13.1. The molecule has 0 saturated heterocycles. The first-order chi connectivity index (χ1) is 18.6. The van der Waals surface area contributed by atoms with E-state index in [2.05, 4.69) is 43.4 Å². The van der Waals surface area contributed by atoms with Crippen molar-refractivity contribution in [2.24, 2.45) is 17.8 Å². The van der Waals surface area contributed by atoms with Crippen molar-refractivity contribution in [3.05, 3.63) is 41.2 Å². The van der Waals surface area contributed by atoms with Gasteiger partial charge in [0.2, 0.25) is 5.91 Å². The molecule has 1 fully saturated rings. The molecule has 0 spiro atoms. The largest absolute Gasteiger partial charge is 0.496 e. The first-order valence-corrected chi connectivity index (χ1v) is 14.2. The van der Waals surface area contributed by atoms with Crippen LogP contribution in [0.5, 0.6) is 11.5 Å². The van der Waals surface area contributed by atoms with Crippen molar-refractivity contribution in [3.8, 4) is 22.8 Å². The molecule has 1 aliphatic carbocycles. The number of carbonyl (C=O) groups is 2. The van der Waals surface area contributed by atoms with Gasteiger partial charge in [-0.1, -0.05) is 58.6 Å². The second-order valence-corrected chi connectivity index (χ2v) is 11.3. The number of methoxy groups -OCH3 is 2. The minimum atomic E-state index is -0.345. The average molecular weight is 539 g/mol. The summed E-state index contributed by atoms with van der Waals surface area (Å²) in [5, 5.41) is 10.8. The molecule has 1 aromatic carbocycles. The van der Waals surface area contributed by atoms with Crippen LogP contribution in [0.1, 0.15) is 83.6 Å². The Morgan fingerprint density at radius 3 is 2.26 bits per heavy atom. The molecule has 1 heterocycles. The predicted molar refractivity (Wildman–Crippen MR) is 155 cm³/mol. The first-order valence-electron chi connectivity index (χ1n) is 14.2. The summed E-state index contributed by atoms with van der Waals surface area (Å²) in [6.07, 6.45) is 6.23. The van der Waals surface area contributed by atoms with Crippen molar-refractivity contribution in [2.45, 2.75) is 79.7 Å². The zero-order valence-electron chi connectivity index (χ0n) is 24.7. The predicted octanol–water partition coefficient (Wildman–Crippen LogP) is 5.97. The molecule has 2 N–H and O–H groups in total. The maximum atomic E-state index is 13.5. The highest BCUT2D eigenvalue weighted by Crippen LogP contribution is 2.39. The Morgan fingerprint density at radius 2 is 1.69 bits per heavy atom. The lowest BCUT2D eigenvalue weighted by Crippen LogP contribution is -2.33. The van der Waals surface area contributed by atoms with Crippen LogP contribution < -0.4 is 20.1 Å². The quantitative estimate of drug-likeness (QED) is 0.347. The Labute approximate surface area is 233 Å². The maximum absolute atomic E-state index is 13.5. The second kappa shape index (κ2) is 14.2. The van der Waals surface area contributed by atoms with Gasteiger partial charge in [0.15, 0.2) is 5.69 Å². The molecule has 1 aliphatic rings. The molecule has 0 radical (unpaired) electrons. The maximum Gasteiger partial charge on any atom is 0.275 e. The van der Waals surface area contributed by atoms with E-state index < -0.39 is 0 Å². The SMILES string of the molecule is COc1cccc(OC)c1-c1cc(C(=O)N/C(CC(=O)NCC2CCCCC2)=C(/C)C(C)C)nn1CC(C)C. The molecule has 3 rings (SSSR count). The van der Waals surface area contributed by atoms with Crippen molar-refractivity contribution < 1.29 is 19.1 Å². The standard InChI is InChI=1S/C31H46N4O4/c1-20(2)19-35-26(30-27(38-6)14-11-15-28(30)39-7)16-25(34-35)31(37)33-24(22(5)21(3)4)17-29(36)32-18-23-12-9-8-10-13-23/h11,14-16,20-21,23H,8-10,12-13,17-19H2,1-7H3,(H,32,36)(H,33,37)/b24-22-. The molecule has 214 valence electrons. The number of hydrogen-bond acceptors (Lipinski definition) is 5. The first kappa shape index (κ1) is 30.3. The molecule has 2 aromatic rings. The molecule has 39 heavy (non-hydrogen) atoms. The number of nitrogens with zero attached hydrogens (tertiary/aromatic N) is 2. The van der Waals surface area contributed by atoms with E-state index in [4.69, 9.17) is 9.47 Å². The lowest BCUT2D eigenvalue weighted by atomic mass is 9.89. The van der Waals surface area contributed by atoms with Crippen LogP contribution >= 0.6 is 0 Å². The summed E-state index contributed by atoms with van der Waals surface area (Å²) in [6, 6.07) is 7.36. The minimum Gasteiger partial charge on any atom is -0.496 e. The molecular formula is C31H46N4O4. The summed E-state index contributed by atoms with van der Waals surface area (Å²) in [5.41, 5.74) is 3.36. The molecule has 2 amide bonds. The van der Waals surface area contributed by atoms with Crippen molar-refractivity contribution in [1.82, 2.24) is 20.4 Å². The molecular weight excluding hydrogens is 492 g/mol. The summed E-state index contributed by atoms with van der Waals surface area (Å²) in [7, 11) is 3.22. The lowest BCUT2D eigenvalue weighted by Gasteiger charge is -2.22. The molecule has 0 aliphatic heterocycles. The van der Waals surface area contributed by atoms with Crippen LogP contribution in [-0.2, 0) is 11.3 Å². The molecule has 1 saturated carbocycles. The van der Waals surface area contributed by atoms with Gasteiger partial charge < -0.3 is 20.1 Å². The zero-order chi connectivity index (χ0) is 28.5. The van der Waals surface area contributed by atoms with Gasteiger partial charge in [0, 0.05) is 18.8 Å². The Bertz CT molecular complexity index is 1140. The number of allylic oxidation sites excluding steroid dienone is 1. The molecule has 8 nitrogen and oxygen atoms in total. The van der Waals surface area contributed by atoms with Gasteiger partial charge in [-0.3, -0.25) is 14.3 Å². The van der Waals surface area contributed by atoms with Gasteiger partial charge in [0.1, 0.15) is 11.5 Å². The van der Waals surface area contributed by atoms with E-state index in [0.717, 1.165) is 16.8 Å². The lowest BCUT2D eigenvalue weighted by molar-refractivity contribution is -0.120. The van der Waals surface area contributed by atoms with E-state index in [1.165, 1.54) is 32.1 Å². The molecule has 8 heteroatoms. The van der Waals surface area contributed by atoms with Gasteiger partial charge >= 0.3 is 0 Å². The number of ether oxygens (including phenoxy) is 2. The van der Waals surface area contributed by atoms with Gasteiger partial charge in [-0.25, -0.2) is 0 Å². The Morgan fingerprint density at radius 1 is 1.05 bits per heavy atom. The number of amides is 2. The topological polar surface area (TPSA) is 94.5 Å². The van der Waals surface area contributed by atoms with E-state index in [9.17, 15) is 9.59 Å². The third-order valence-electron chi connectivity index (χ3n) is 7.49. The summed E-state index contributed by atoms with van der Waals surface area (Å²) in [5.74, 6) is 1.88. The number of hydrogen-bond donors (Lipinski definition) is 2. The van der Waals surface area contributed by atoms with Gasteiger partial charge in [-0.15, -0.1) is 0 Å². The van der Waals surface area contributed by atoms with Gasteiger partial charge in [0.25, 0.3) is 5.91 Å². The highest BCUT2D eigenvalue weighted by Gasteiger charge is 2.24. The summed E-state index contributed by atoms with van der Waals surface area (Å²) >= 11 is 0. The molecule has 0 bridgehead atoms. The average Bonchev–Trinajstić information content (AvgIpc) is 3.33. The van der Waals surface area contributed by atoms with E-state index in [1.807, 2.05) is 29.8 Å². The third kappa shape index (κ3) is 8.10. The molecule has 1 aromatic heterocycles. The minimum absolute atomic E-state index is 0.0688. The normalized spacial score (nSPS) is 14.8. The molecule has 0 unspecified atom stereocenters. The Hall–Kier alpha value is -3.29. The fourth-order valence-corrected chi connectivity index (χ4v) is 5.02. The zero-order valence-corrected chi connectivity index (χ0v) is 24.7. The van der Waals surface area contributed by atoms with Crippen molar-refractivity contribution in [3.63, 3.8) is 0 Å². The van der Waals surface area contributed by atoms with Crippen molar-refractivity contribution in [2.75, 3.05) is 20.8 Å². The fraction of sp³-hybridized carbons (Fsp3) is 0.581. The van der Waals surface area contributed by atoms with E-state index in [0.29, 0.717) is 42.1 Å². The number of nitrogens with one attached hydrogen (secondary N) is 2. The monoisotopic (exact) mass is 538 g/mol. The smallest absolute Gasteiger partial charge is 0.275 e. The highest BCUT2D eigenvalue weighted by molar-refractivity contribution is 5.96. The van der Waals surface area contributed by atoms with Crippen LogP contribution in [0.25, 0.3) is 11.3 Å². The van der Waals surface area contributed by atoms with Crippen LogP contribution in [0.3, 0.4) is 0 Å². The highest BCUT2D eigenvalue weighted by atomic mass is 16.5. The van der Waals surface area contributed by atoms with Crippen LogP contribution in [0.2, 0.25) is 0 Å². The summed E-state index contributed by atoms with van der Waals surface area (Å²) in [6.45, 7) is 11.6. The van der Waals surface area contributed by atoms with Crippen LogP contribution in [0.4, 0.5) is 0 Å². The van der Waals surface area contributed by atoms with Crippen molar-refractivity contribution >= 4 is 11.8 Å². The van der Waals surface area contributed by atoms with Crippen molar-refractivity contribution in [1.29, 1.82) is 0 Å².